The van der Waals surface area contributed by atoms with Gasteiger partial charge in [0, 0.05) is 12.6 Å². The molecular weight excluding hydrogens is 435 g/mol. The molecule has 0 saturated heterocycles. The predicted octanol–water partition coefficient (Wildman–Crippen LogP) is 4.08. The smallest absolute Gasteiger partial charge is 0.422 e. The van der Waals surface area contributed by atoms with Crippen molar-refractivity contribution in [1.82, 2.24) is 5.32 Å². The first-order valence-corrected chi connectivity index (χ1v) is 8.38. The molecule has 0 atom stereocenters. The molecule has 0 aliphatic heterocycles. The van der Waals surface area contributed by atoms with Crippen LogP contribution in [0.1, 0.15) is 15.9 Å². The Balaban J connectivity index is 2.13. The average Bonchev–Trinajstić information content (AvgIpc) is 2.69. The molecule has 0 radical (unpaired) electrons. The van der Waals surface area contributed by atoms with Crippen LogP contribution in [0.2, 0.25) is 0 Å². The summed E-state index contributed by atoms with van der Waals surface area (Å²) in [6.45, 7) is -4.86. The highest BCUT2D eigenvalue weighted by Gasteiger charge is 2.28. The van der Waals surface area contributed by atoms with Crippen molar-refractivity contribution in [1.29, 1.82) is 0 Å². The Labute approximate surface area is 171 Å². The number of benzene rings is 2. The van der Waals surface area contributed by atoms with Gasteiger partial charge in [-0.2, -0.15) is 22.0 Å². The fourth-order valence-corrected chi connectivity index (χ4v) is 2.38. The third kappa shape index (κ3) is 6.97. The standard InChI is InChI=1S/C18H15F5N2O6/c1-29-14-6-12(13(25(27)28)7-15(14)31-17(19)20)16(26)24-8-10-2-4-11(5-3-10)30-9-18(21,22)23/h2-7,17H,8-9H2,1H3,(H,24,26). The van der Waals surface area contributed by atoms with E-state index >= 15 is 0 Å². The zero-order valence-electron chi connectivity index (χ0n) is 15.7. The normalized spacial score (nSPS) is 11.2. The molecule has 8 nitrogen and oxygen atoms in total. The van der Waals surface area contributed by atoms with E-state index in [2.05, 4.69) is 14.8 Å². The molecule has 0 saturated carbocycles. The second kappa shape index (κ2) is 9.91. The number of ether oxygens (including phenoxy) is 3. The third-order valence-electron chi connectivity index (χ3n) is 3.72. The van der Waals surface area contributed by atoms with Gasteiger partial charge < -0.3 is 19.5 Å². The highest BCUT2D eigenvalue weighted by molar-refractivity contribution is 5.99. The largest absolute Gasteiger partial charge is 0.493 e. The summed E-state index contributed by atoms with van der Waals surface area (Å²) in [5.41, 5.74) is -0.793. The van der Waals surface area contributed by atoms with E-state index in [9.17, 15) is 36.9 Å². The number of rotatable bonds is 9. The molecule has 1 amide bonds. The van der Waals surface area contributed by atoms with E-state index in [0.717, 1.165) is 13.2 Å². The molecule has 13 heteroatoms. The van der Waals surface area contributed by atoms with E-state index in [0.29, 0.717) is 11.6 Å². The zero-order valence-corrected chi connectivity index (χ0v) is 15.7. The molecular formula is C18H15F5N2O6. The Kier molecular flexibility index (Phi) is 7.56. The maximum absolute atomic E-state index is 12.5. The second-order valence-corrected chi connectivity index (χ2v) is 5.89. The van der Waals surface area contributed by atoms with Crippen molar-refractivity contribution in [2.24, 2.45) is 0 Å². The number of alkyl halides is 5. The van der Waals surface area contributed by atoms with Gasteiger partial charge >= 0.3 is 12.8 Å². The number of carbonyl (C=O) groups is 1. The molecule has 0 bridgehead atoms. The molecule has 0 spiro atoms. The number of amides is 1. The van der Waals surface area contributed by atoms with Crippen LogP contribution in [-0.2, 0) is 6.54 Å². The molecule has 168 valence electrons. The zero-order chi connectivity index (χ0) is 23.2. The van der Waals surface area contributed by atoms with Gasteiger partial charge in [-0.05, 0) is 17.7 Å². The summed E-state index contributed by atoms with van der Waals surface area (Å²) in [6, 6.07) is 6.83. The summed E-state index contributed by atoms with van der Waals surface area (Å²) in [5, 5.41) is 13.6. The molecule has 0 fully saturated rings. The molecule has 31 heavy (non-hydrogen) atoms. The molecule has 2 rings (SSSR count). The van der Waals surface area contributed by atoms with E-state index in [-0.39, 0.29) is 18.0 Å². The lowest BCUT2D eigenvalue weighted by Gasteiger charge is -2.12. The van der Waals surface area contributed by atoms with E-state index in [1.807, 2.05) is 0 Å². The van der Waals surface area contributed by atoms with Gasteiger partial charge in [-0.15, -0.1) is 0 Å². The van der Waals surface area contributed by atoms with E-state index in [1.54, 1.807) is 0 Å². The minimum atomic E-state index is -4.49. The predicted molar refractivity (Wildman–Crippen MR) is 95.4 cm³/mol. The van der Waals surface area contributed by atoms with Crippen molar-refractivity contribution in [3.8, 4) is 17.2 Å². The number of carbonyl (C=O) groups excluding carboxylic acids is 1. The van der Waals surface area contributed by atoms with Crippen LogP contribution in [0.15, 0.2) is 36.4 Å². The number of nitro groups is 1. The number of methoxy groups -OCH3 is 1. The van der Waals surface area contributed by atoms with Crippen LogP contribution in [-0.4, -0.2) is 37.3 Å². The SMILES string of the molecule is COc1cc(C(=O)NCc2ccc(OCC(F)(F)F)cc2)c([N+](=O)[O-])cc1OC(F)F. The molecule has 0 heterocycles. The van der Waals surface area contributed by atoms with Crippen molar-refractivity contribution in [2.75, 3.05) is 13.7 Å². The van der Waals surface area contributed by atoms with Gasteiger partial charge in [0.05, 0.1) is 18.1 Å². The van der Waals surface area contributed by atoms with E-state index < -0.39 is 47.2 Å². The maximum Gasteiger partial charge on any atom is 0.422 e. The van der Waals surface area contributed by atoms with Crippen LogP contribution in [0.5, 0.6) is 17.2 Å². The summed E-state index contributed by atoms with van der Waals surface area (Å²) in [7, 11) is 1.10. The Morgan fingerprint density at radius 3 is 2.32 bits per heavy atom. The van der Waals surface area contributed by atoms with Crippen molar-refractivity contribution in [2.45, 2.75) is 19.3 Å². The number of nitrogens with one attached hydrogen (secondary N) is 1. The van der Waals surface area contributed by atoms with Gasteiger partial charge in [0.1, 0.15) is 11.3 Å². The highest BCUT2D eigenvalue weighted by Crippen LogP contribution is 2.35. The summed E-state index contributed by atoms with van der Waals surface area (Å²) in [6.07, 6.45) is -4.49. The molecule has 1 N–H and O–H groups in total. The summed E-state index contributed by atoms with van der Waals surface area (Å²) in [4.78, 5) is 22.7. The summed E-state index contributed by atoms with van der Waals surface area (Å²) in [5.74, 6) is -1.88. The van der Waals surface area contributed by atoms with Crippen LogP contribution < -0.4 is 19.5 Å². The molecule has 2 aromatic carbocycles. The van der Waals surface area contributed by atoms with Crippen LogP contribution in [0, 0.1) is 10.1 Å². The monoisotopic (exact) mass is 450 g/mol. The second-order valence-electron chi connectivity index (χ2n) is 5.89. The summed E-state index contributed by atoms with van der Waals surface area (Å²) < 4.78 is 75.0. The van der Waals surface area contributed by atoms with E-state index in [1.165, 1.54) is 24.3 Å². The lowest BCUT2D eigenvalue weighted by Crippen LogP contribution is -2.24. The van der Waals surface area contributed by atoms with Crippen LogP contribution >= 0.6 is 0 Å². The number of halogens is 5. The molecule has 0 unspecified atom stereocenters. The number of nitrogens with zero attached hydrogens (tertiary/aromatic N) is 1. The van der Waals surface area contributed by atoms with Crippen LogP contribution in [0.3, 0.4) is 0 Å². The Bertz CT molecular complexity index is 934. The lowest BCUT2D eigenvalue weighted by atomic mass is 10.1. The number of hydrogen-bond donors (Lipinski definition) is 1. The minimum Gasteiger partial charge on any atom is -0.493 e. The molecule has 2 aromatic rings. The van der Waals surface area contributed by atoms with Gasteiger partial charge in [-0.3, -0.25) is 14.9 Å². The fraction of sp³-hybridized carbons (Fsp3) is 0.278. The minimum absolute atomic E-state index is 0.0394. The van der Waals surface area contributed by atoms with Gasteiger partial charge in [-0.1, -0.05) is 12.1 Å². The fourth-order valence-electron chi connectivity index (χ4n) is 2.38. The first kappa shape index (κ1) is 23.6. The molecule has 0 aromatic heterocycles. The quantitative estimate of drug-likeness (QED) is 0.351. The van der Waals surface area contributed by atoms with Crippen molar-refractivity contribution < 1.29 is 45.9 Å². The van der Waals surface area contributed by atoms with Gasteiger partial charge in [0.15, 0.2) is 18.1 Å². The van der Waals surface area contributed by atoms with Crippen molar-refractivity contribution in [3.05, 3.63) is 57.6 Å². The maximum atomic E-state index is 12.5. The van der Waals surface area contributed by atoms with Crippen molar-refractivity contribution >= 4 is 11.6 Å². The number of hydrogen-bond acceptors (Lipinski definition) is 6. The lowest BCUT2D eigenvalue weighted by molar-refractivity contribution is -0.385. The summed E-state index contributed by atoms with van der Waals surface area (Å²) >= 11 is 0. The van der Waals surface area contributed by atoms with Crippen LogP contribution in [0.4, 0.5) is 27.6 Å². The highest BCUT2D eigenvalue weighted by atomic mass is 19.4. The van der Waals surface area contributed by atoms with E-state index in [4.69, 9.17) is 4.74 Å². The first-order valence-electron chi connectivity index (χ1n) is 8.38. The molecule has 0 aliphatic rings. The third-order valence-corrected chi connectivity index (χ3v) is 3.72. The van der Waals surface area contributed by atoms with Crippen molar-refractivity contribution in [3.63, 3.8) is 0 Å². The van der Waals surface area contributed by atoms with Gasteiger partial charge in [0.25, 0.3) is 11.6 Å². The van der Waals surface area contributed by atoms with Gasteiger partial charge in [-0.25, -0.2) is 0 Å². The topological polar surface area (TPSA) is 99.9 Å². The van der Waals surface area contributed by atoms with Gasteiger partial charge in [0.2, 0.25) is 0 Å². The van der Waals surface area contributed by atoms with Crippen LogP contribution in [0.25, 0.3) is 0 Å². The Morgan fingerprint density at radius 1 is 1.16 bits per heavy atom. The average molecular weight is 450 g/mol. The molecule has 0 aliphatic carbocycles. The Morgan fingerprint density at radius 2 is 1.81 bits per heavy atom. The Hall–Kier alpha value is -3.64. The first-order chi connectivity index (χ1) is 14.5. The number of nitro benzene ring substituents is 1.